The Morgan fingerprint density at radius 1 is 1.42 bits per heavy atom. The van der Waals surface area contributed by atoms with Gasteiger partial charge in [-0.05, 0) is 26.2 Å². The minimum absolute atomic E-state index is 0.622. The van der Waals surface area contributed by atoms with Gasteiger partial charge in [0, 0.05) is 12.6 Å². The summed E-state index contributed by atoms with van der Waals surface area (Å²) in [4.78, 5) is 0. The molecule has 0 heterocycles. The fourth-order valence-corrected chi connectivity index (χ4v) is 1.20. The summed E-state index contributed by atoms with van der Waals surface area (Å²) < 4.78 is 0. The molecule has 72 valence electrons. The first kappa shape index (κ1) is 11.7. The molecule has 0 aromatic carbocycles. The van der Waals surface area contributed by atoms with E-state index in [4.69, 9.17) is 0 Å². The molecule has 0 rings (SSSR count). The average molecular weight is 169 g/mol. The van der Waals surface area contributed by atoms with Crippen molar-refractivity contribution in [1.82, 2.24) is 5.32 Å². The topological polar surface area (TPSA) is 12.0 Å². The third-order valence-corrected chi connectivity index (χ3v) is 2.21. The molecule has 1 nitrogen and oxygen atoms in total. The lowest BCUT2D eigenvalue weighted by molar-refractivity contribution is 0.422. The third-order valence-electron chi connectivity index (χ3n) is 2.21. The summed E-state index contributed by atoms with van der Waals surface area (Å²) in [6.45, 7) is 13.7. The smallest absolute Gasteiger partial charge is 0.0161 e. The molecule has 2 unspecified atom stereocenters. The predicted molar refractivity (Wildman–Crippen MR) is 56.4 cm³/mol. The van der Waals surface area contributed by atoms with Crippen molar-refractivity contribution >= 4 is 0 Å². The Morgan fingerprint density at radius 3 is 2.42 bits per heavy atom. The van der Waals surface area contributed by atoms with E-state index in [1.165, 1.54) is 18.4 Å². The summed E-state index contributed by atoms with van der Waals surface area (Å²) in [5.74, 6) is 0.831. The van der Waals surface area contributed by atoms with E-state index in [0.29, 0.717) is 6.04 Å². The van der Waals surface area contributed by atoms with Crippen molar-refractivity contribution < 1.29 is 0 Å². The highest BCUT2D eigenvalue weighted by atomic mass is 14.9. The summed E-state index contributed by atoms with van der Waals surface area (Å²) >= 11 is 0. The van der Waals surface area contributed by atoms with Gasteiger partial charge in [0.15, 0.2) is 0 Å². The van der Waals surface area contributed by atoms with E-state index in [2.05, 4.69) is 39.6 Å². The van der Waals surface area contributed by atoms with Crippen molar-refractivity contribution in [2.24, 2.45) is 5.92 Å². The molecule has 0 spiro atoms. The van der Waals surface area contributed by atoms with E-state index in [1.807, 2.05) is 0 Å². The second-order valence-corrected chi connectivity index (χ2v) is 3.99. The van der Waals surface area contributed by atoms with Crippen LogP contribution in [0.3, 0.4) is 0 Å². The zero-order valence-electron chi connectivity index (χ0n) is 8.98. The van der Waals surface area contributed by atoms with Gasteiger partial charge >= 0.3 is 0 Å². The van der Waals surface area contributed by atoms with E-state index in [0.717, 1.165) is 12.5 Å². The molecular formula is C11H23N. The van der Waals surface area contributed by atoms with Crippen molar-refractivity contribution in [1.29, 1.82) is 0 Å². The van der Waals surface area contributed by atoms with Gasteiger partial charge in [0.2, 0.25) is 0 Å². The third kappa shape index (κ3) is 6.41. The van der Waals surface area contributed by atoms with Gasteiger partial charge in [-0.1, -0.05) is 32.4 Å². The molecule has 12 heavy (non-hydrogen) atoms. The van der Waals surface area contributed by atoms with Crippen LogP contribution in [0.15, 0.2) is 12.2 Å². The van der Waals surface area contributed by atoms with Crippen LogP contribution in [0.25, 0.3) is 0 Å². The van der Waals surface area contributed by atoms with Gasteiger partial charge in [-0.25, -0.2) is 0 Å². The quantitative estimate of drug-likeness (QED) is 0.603. The molecule has 1 N–H and O–H groups in total. The highest BCUT2D eigenvalue weighted by molar-refractivity contribution is 4.91. The van der Waals surface area contributed by atoms with Crippen molar-refractivity contribution in [3.05, 3.63) is 12.2 Å². The van der Waals surface area contributed by atoms with E-state index < -0.39 is 0 Å². The van der Waals surface area contributed by atoms with Gasteiger partial charge in [-0.15, -0.1) is 0 Å². The normalized spacial score (nSPS) is 15.7. The van der Waals surface area contributed by atoms with Crippen LogP contribution < -0.4 is 5.32 Å². The second-order valence-electron chi connectivity index (χ2n) is 3.99. The van der Waals surface area contributed by atoms with E-state index >= 15 is 0 Å². The van der Waals surface area contributed by atoms with E-state index in [1.54, 1.807) is 0 Å². The van der Waals surface area contributed by atoms with Crippen molar-refractivity contribution in [2.75, 3.05) is 6.54 Å². The van der Waals surface area contributed by atoms with E-state index in [-0.39, 0.29) is 0 Å². The highest BCUT2D eigenvalue weighted by Gasteiger charge is 2.05. The fraction of sp³-hybridized carbons (Fsp3) is 0.818. The zero-order valence-corrected chi connectivity index (χ0v) is 8.98. The molecule has 0 aromatic rings. The largest absolute Gasteiger partial charge is 0.311 e. The maximum atomic E-state index is 3.86. The molecule has 1 heteroatoms. The average Bonchev–Trinajstić information content (AvgIpc) is 2.00. The SMILES string of the molecule is C=C(C)CNC(C)CC(C)CC. The summed E-state index contributed by atoms with van der Waals surface area (Å²) in [5, 5.41) is 3.45. The van der Waals surface area contributed by atoms with Gasteiger partial charge in [0.05, 0.1) is 0 Å². The number of hydrogen-bond acceptors (Lipinski definition) is 1. The van der Waals surface area contributed by atoms with Crippen LogP contribution in [0.4, 0.5) is 0 Å². The summed E-state index contributed by atoms with van der Waals surface area (Å²) in [6, 6.07) is 0.622. The Labute approximate surface area is 77.2 Å². The molecule has 0 fully saturated rings. The Hall–Kier alpha value is -0.300. The van der Waals surface area contributed by atoms with Crippen LogP contribution in [0.1, 0.15) is 40.5 Å². The second kappa shape index (κ2) is 6.24. The zero-order chi connectivity index (χ0) is 9.56. The minimum Gasteiger partial charge on any atom is -0.311 e. The number of hydrogen-bond donors (Lipinski definition) is 1. The Kier molecular flexibility index (Phi) is 6.09. The van der Waals surface area contributed by atoms with Gasteiger partial charge < -0.3 is 5.32 Å². The predicted octanol–water partition coefficient (Wildman–Crippen LogP) is 2.98. The molecular weight excluding hydrogens is 146 g/mol. The highest BCUT2D eigenvalue weighted by Crippen LogP contribution is 2.09. The van der Waals surface area contributed by atoms with Crippen molar-refractivity contribution in [3.8, 4) is 0 Å². The Bertz CT molecular complexity index is 129. The van der Waals surface area contributed by atoms with Crippen LogP contribution in [0.5, 0.6) is 0 Å². The van der Waals surface area contributed by atoms with Crippen LogP contribution >= 0.6 is 0 Å². The summed E-state index contributed by atoms with van der Waals surface area (Å²) in [6.07, 6.45) is 2.54. The maximum Gasteiger partial charge on any atom is 0.0161 e. The van der Waals surface area contributed by atoms with Crippen molar-refractivity contribution in [2.45, 2.75) is 46.6 Å². The van der Waals surface area contributed by atoms with Gasteiger partial charge in [-0.2, -0.15) is 0 Å². The molecule has 0 aliphatic rings. The first-order valence-corrected chi connectivity index (χ1v) is 4.94. The molecule has 0 aliphatic carbocycles. The van der Waals surface area contributed by atoms with Gasteiger partial charge in [0.1, 0.15) is 0 Å². The Balaban J connectivity index is 3.45. The molecule has 2 atom stereocenters. The van der Waals surface area contributed by atoms with Crippen molar-refractivity contribution in [3.63, 3.8) is 0 Å². The summed E-state index contributed by atoms with van der Waals surface area (Å²) in [5.41, 5.74) is 1.21. The fourth-order valence-electron chi connectivity index (χ4n) is 1.20. The van der Waals surface area contributed by atoms with Crippen LogP contribution in [0.2, 0.25) is 0 Å². The first-order chi connectivity index (χ1) is 5.56. The van der Waals surface area contributed by atoms with Gasteiger partial charge in [0.25, 0.3) is 0 Å². The van der Waals surface area contributed by atoms with Crippen LogP contribution in [0, 0.1) is 5.92 Å². The molecule has 0 amide bonds. The van der Waals surface area contributed by atoms with E-state index in [9.17, 15) is 0 Å². The number of rotatable bonds is 6. The van der Waals surface area contributed by atoms with Gasteiger partial charge in [-0.3, -0.25) is 0 Å². The van der Waals surface area contributed by atoms with Crippen LogP contribution in [-0.4, -0.2) is 12.6 Å². The molecule has 0 aliphatic heterocycles. The minimum atomic E-state index is 0.622. The lowest BCUT2D eigenvalue weighted by atomic mass is 10.0. The molecule has 0 bridgehead atoms. The van der Waals surface area contributed by atoms with Crippen LogP contribution in [-0.2, 0) is 0 Å². The molecule has 0 radical (unpaired) electrons. The monoisotopic (exact) mass is 169 g/mol. The first-order valence-electron chi connectivity index (χ1n) is 4.94. The standard InChI is InChI=1S/C11H23N/c1-6-10(4)7-11(5)12-8-9(2)3/h10-12H,2,6-8H2,1,3-5H3. The molecule has 0 saturated heterocycles. The molecule has 0 saturated carbocycles. The Morgan fingerprint density at radius 2 is 2.00 bits per heavy atom. The lowest BCUT2D eigenvalue weighted by Crippen LogP contribution is -2.28. The number of nitrogens with one attached hydrogen (secondary N) is 1. The lowest BCUT2D eigenvalue weighted by Gasteiger charge is -2.17. The summed E-state index contributed by atoms with van der Waals surface area (Å²) in [7, 11) is 0. The molecule has 0 aromatic heterocycles. The maximum absolute atomic E-state index is 3.86.